The summed E-state index contributed by atoms with van der Waals surface area (Å²) >= 11 is 0. The van der Waals surface area contributed by atoms with Crippen LogP contribution >= 0.6 is 0 Å². The summed E-state index contributed by atoms with van der Waals surface area (Å²) in [6.07, 6.45) is 1.96. The number of hydrogen-bond acceptors (Lipinski definition) is 3. The minimum Gasteiger partial charge on any atom is -0.381 e. The fraction of sp³-hybridized carbons (Fsp3) is 0.385. The number of hydrogen-bond donors (Lipinski definition) is 2. The van der Waals surface area contributed by atoms with Gasteiger partial charge < -0.3 is 5.32 Å². The van der Waals surface area contributed by atoms with Crippen molar-refractivity contribution in [2.45, 2.75) is 25.3 Å². The lowest BCUT2D eigenvalue weighted by molar-refractivity contribution is -0.136. The highest BCUT2D eigenvalue weighted by molar-refractivity contribution is 5.99. The van der Waals surface area contributed by atoms with E-state index in [1.54, 1.807) is 0 Å². The highest BCUT2D eigenvalue weighted by atomic mass is 16.2. The van der Waals surface area contributed by atoms with Crippen LogP contribution in [0.4, 0.5) is 5.69 Å². The average molecular weight is 230 g/mol. The third kappa shape index (κ3) is 1.79. The van der Waals surface area contributed by atoms with Crippen LogP contribution in [0.25, 0.3) is 0 Å². The van der Waals surface area contributed by atoms with Crippen molar-refractivity contribution >= 4 is 17.5 Å². The Labute approximate surface area is 99.4 Å². The predicted molar refractivity (Wildman–Crippen MR) is 63.4 cm³/mol. The van der Waals surface area contributed by atoms with Gasteiger partial charge in [0, 0.05) is 18.2 Å². The van der Waals surface area contributed by atoms with Gasteiger partial charge in [-0.1, -0.05) is 18.2 Å². The summed E-state index contributed by atoms with van der Waals surface area (Å²) in [6, 6.07) is 8.22. The molecule has 1 aromatic rings. The van der Waals surface area contributed by atoms with Crippen LogP contribution in [0.3, 0.4) is 0 Å². The number of nitrogens with one attached hydrogen (secondary N) is 2. The van der Waals surface area contributed by atoms with E-state index in [0.717, 1.165) is 12.1 Å². The fourth-order valence-electron chi connectivity index (χ4n) is 2.66. The van der Waals surface area contributed by atoms with Gasteiger partial charge in [0.15, 0.2) is 0 Å². The van der Waals surface area contributed by atoms with E-state index in [9.17, 15) is 9.59 Å². The van der Waals surface area contributed by atoms with Crippen LogP contribution in [-0.2, 0) is 16.0 Å². The number of benzene rings is 1. The summed E-state index contributed by atoms with van der Waals surface area (Å²) in [4.78, 5) is 22.9. The van der Waals surface area contributed by atoms with Crippen molar-refractivity contribution in [2.75, 3.05) is 5.32 Å². The second-order valence-electron chi connectivity index (χ2n) is 4.67. The predicted octanol–water partition coefficient (Wildman–Crippen LogP) is 1.08. The van der Waals surface area contributed by atoms with Crippen LogP contribution in [0.1, 0.15) is 18.4 Å². The van der Waals surface area contributed by atoms with Gasteiger partial charge in [0.2, 0.25) is 11.8 Å². The topological polar surface area (TPSA) is 58.2 Å². The molecule has 2 heterocycles. The SMILES string of the molecule is O=C1CCC(C2Cc3ccccc3N2)C(=O)N1. The number of fused-ring (bicyclic) bond motifs is 1. The van der Waals surface area contributed by atoms with Gasteiger partial charge in [-0.3, -0.25) is 14.9 Å². The molecular weight excluding hydrogens is 216 g/mol. The number of carbonyl (C=O) groups is 2. The maximum atomic E-state index is 11.8. The third-order valence-electron chi connectivity index (χ3n) is 3.57. The van der Waals surface area contributed by atoms with Crippen molar-refractivity contribution < 1.29 is 9.59 Å². The molecule has 0 spiro atoms. The molecule has 2 unspecified atom stereocenters. The summed E-state index contributed by atoms with van der Waals surface area (Å²) in [5.41, 5.74) is 2.37. The summed E-state index contributed by atoms with van der Waals surface area (Å²) in [7, 11) is 0. The van der Waals surface area contributed by atoms with Crippen LogP contribution in [-0.4, -0.2) is 17.9 Å². The Morgan fingerprint density at radius 2 is 2.00 bits per heavy atom. The quantitative estimate of drug-likeness (QED) is 0.710. The van der Waals surface area contributed by atoms with Crippen molar-refractivity contribution in [1.29, 1.82) is 0 Å². The Kier molecular flexibility index (Phi) is 2.35. The zero-order valence-electron chi connectivity index (χ0n) is 9.40. The summed E-state index contributed by atoms with van der Waals surface area (Å²) < 4.78 is 0. The van der Waals surface area contributed by atoms with Crippen LogP contribution < -0.4 is 10.6 Å². The Bertz CT molecular complexity index is 459. The number of carbonyl (C=O) groups excluding carboxylic acids is 2. The molecule has 0 radical (unpaired) electrons. The number of anilines is 1. The van der Waals surface area contributed by atoms with Gasteiger partial charge in [0.05, 0.1) is 5.92 Å². The van der Waals surface area contributed by atoms with Crippen molar-refractivity contribution in [3.8, 4) is 0 Å². The Morgan fingerprint density at radius 3 is 2.76 bits per heavy atom. The molecule has 2 aliphatic rings. The fourth-order valence-corrected chi connectivity index (χ4v) is 2.66. The average Bonchev–Trinajstić information content (AvgIpc) is 2.72. The van der Waals surface area contributed by atoms with E-state index in [1.807, 2.05) is 18.2 Å². The molecule has 1 fully saturated rings. The normalized spacial score (nSPS) is 27.3. The lowest BCUT2D eigenvalue weighted by atomic mass is 9.89. The smallest absolute Gasteiger partial charge is 0.231 e. The van der Waals surface area contributed by atoms with Gasteiger partial charge in [-0.05, 0) is 24.5 Å². The zero-order chi connectivity index (χ0) is 11.8. The lowest BCUT2D eigenvalue weighted by Crippen LogP contribution is -2.47. The molecule has 1 saturated heterocycles. The first-order valence-corrected chi connectivity index (χ1v) is 5.92. The maximum Gasteiger partial charge on any atom is 0.231 e. The van der Waals surface area contributed by atoms with Crippen molar-refractivity contribution in [1.82, 2.24) is 5.32 Å². The van der Waals surface area contributed by atoms with Gasteiger partial charge in [-0.2, -0.15) is 0 Å². The van der Waals surface area contributed by atoms with E-state index in [-0.39, 0.29) is 23.8 Å². The largest absolute Gasteiger partial charge is 0.381 e. The highest BCUT2D eigenvalue weighted by Gasteiger charge is 2.36. The molecule has 3 rings (SSSR count). The van der Waals surface area contributed by atoms with E-state index in [2.05, 4.69) is 16.7 Å². The monoisotopic (exact) mass is 230 g/mol. The van der Waals surface area contributed by atoms with Gasteiger partial charge in [0.25, 0.3) is 0 Å². The van der Waals surface area contributed by atoms with Crippen LogP contribution in [0, 0.1) is 5.92 Å². The summed E-state index contributed by atoms with van der Waals surface area (Å²) in [5.74, 6) is -0.381. The highest BCUT2D eigenvalue weighted by Crippen LogP contribution is 2.31. The maximum absolute atomic E-state index is 11.8. The van der Waals surface area contributed by atoms with Gasteiger partial charge in [-0.25, -0.2) is 0 Å². The third-order valence-corrected chi connectivity index (χ3v) is 3.57. The van der Waals surface area contributed by atoms with E-state index in [0.29, 0.717) is 12.8 Å². The lowest BCUT2D eigenvalue weighted by Gasteiger charge is -2.26. The molecule has 4 heteroatoms. The Balaban J connectivity index is 1.76. The molecule has 88 valence electrons. The van der Waals surface area contributed by atoms with Crippen molar-refractivity contribution in [3.05, 3.63) is 29.8 Å². The number of imide groups is 1. The number of piperidine rings is 1. The first-order chi connectivity index (χ1) is 8.24. The van der Waals surface area contributed by atoms with E-state index >= 15 is 0 Å². The molecule has 0 saturated carbocycles. The molecular formula is C13H14N2O2. The van der Waals surface area contributed by atoms with Gasteiger partial charge in [-0.15, -0.1) is 0 Å². The molecule has 17 heavy (non-hydrogen) atoms. The van der Waals surface area contributed by atoms with Crippen LogP contribution in [0.2, 0.25) is 0 Å². The molecule has 0 bridgehead atoms. The summed E-state index contributed by atoms with van der Waals surface area (Å²) in [5, 5.41) is 5.79. The van der Waals surface area contributed by atoms with E-state index in [4.69, 9.17) is 0 Å². The molecule has 0 aliphatic carbocycles. The molecule has 2 atom stereocenters. The molecule has 1 aromatic carbocycles. The van der Waals surface area contributed by atoms with Gasteiger partial charge in [0.1, 0.15) is 0 Å². The Morgan fingerprint density at radius 1 is 1.18 bits per heavy atom. The number of amides is 2. The van der Waals surface area contributed by atoms with E-state index < -0.39 is 0 Å². The second-order valence-corrected chi connectivity index (χ2v) is 4.67. The second kappa shape index (κ2) is 3.87. The molecule has 2 amide bonds. The van der Waals surface area contributed by atoms with Gasteiger partial charge >= 0.3 is 0 Å². The van der Waals surface area contributed by atoms with Crippen molar-refractivity contribution in [2.24, 2.45) is 5.92 Å². The number of rotatable bonds is 1. The van der Waals surface area contributed by atoms with Crippen LogP contribution in [0.15, 0.2) is 24.3 Å². The molecule has 4 nitrogen and oxygen atoms in total. The first-order valence-electron chi connectivity index (χ1n) is 5.92. The standard InChI is InChI=1S/C13H14N2O2/c16-12-6-5-9(13(17)15-12)11-7-8-3-1-2-4-10(8)14-11/h1-4,9,11,14H,5-7H2,(H,15,16,17). The molecule has 0 aromatic heterocycles. The minimum atomic E-state index is -0.151. The molecule has 2 N–H and O–H groups in total. The minimum absolute atomic E-state index is 0.0971. The summed E-state index contributed by atoms with van der Waals surface area (Å²) in [6.45, 7) is 0. The first kappa shape index (κ1) is 10.3. The molecule has 2 aliphatic heterocycles. The Hall–Kier alpha value is -1.84. The van der Waals surface area contributed by atoms with Crippen LogP contribution in [0.5, 0.6) is 0 Å². The zero-order valence-corrected chi connectivity index (χ0v) is 9.40. The van der Waals surface area contributed by atoms with Crippen molar-refractivity contribution in [3.63, 3.8) is 0 Å². The number of para-hydroxylation sites is 1. The van der Waals surface area contributed by atoms with E-state index in [1.165, 1.54) is 5.56 Å².